The number of nitrogens with one attached hydrogen (secondary N) is 1. The van der Waals surface area contributed by atoms with Gasteiger partial charge in [-0.05, 0) is 31.7 Å². The van der Waals surface area contributed by atoms with E-state index in [0.717, 1.165) is 9.88 Å². The maximum absolute atomic E-state index is 12.1. The number of hydrogen-bond acceptors (Lipinski definition) is 5. The monoisotopic (exact) mass is 296 g/mol. The smallest absolute Gasteiger partial charge is 0.271 e. The summed E-state index contributed by atoms with van der Waals surface area (Å²) in [6.07, 6.45) is 0.515. The van der Waals surface area contributed by atoms with Crippen LogP contribution in [0.2, 0.25) is 0 Å². The van der Waals surface area contributed by atoms with Crippen LogP contribution in [0.1, 0.15) is 30.8 Å². The van der Waals surface area contributed by atoms with Crippen LogP contribution in [-0.4, -0.2) is 28.1 Å². The summed E-state index contributed by atoms with van der Waals surface area (Å²) in [4.78, 5) is 17.5. The summed E-state index contributed by atoms with van der Waals surface area (Å²) in [7, 11) is 0. The second-order valence-corrected chi connectivity index (χ2v) is 6.63. The van der Waals surface area contributed by atoms with Gasteiger partial charge < -0.3 is 10.4 Å². The first kappa shape index (κ1) is 14.2. The topological polar surface area (TPSA) is 62.2 Å². The average molecular weight is 296 g/mol. The van der Waals surface area contributed by atoms with Gasteiger partial charge in [0.2, 0.25) is 0 Å². The first-order valence-corrected chi connectivity index (χ1v) is 7.70. The van der Waals surface area contributed by atoms with Crippen LogP contribution in [0.3, 0.4) is 0 Å². The molecule has 0 atom stereocenters. The minimum Gasteiger partial charge on any atom is -0.396 e. The van der Waals surface area contributed by atoms with Crippen LogP contribution < -0.4 is 5.32 Å². The van der Waals surface area contributed by atoms with Crippen LogP contribution in [0.15, 0.2) is 22.9 Å². The molecule has 0 aromatic carbocycles. The number of carbonyl (C=O) groups is 1. The van der Waals surface area contributed by atoms with Crippen LogP contribution in [0.5, 0.6) is 0 Å². The Morgan fingerprint density at radius 1 is 1.47 bits per heavy atom. The van der Waals surface area contributed by atoms with Crippen LogP contribution in [0.25, 0.3) is 9.88 Å². The van der Waals surface area contributed by atoms with E-state index in [1.54, 1.807) is 16.7 Å². The van der Waals surface area contributed by atoms with Gasteiger partial charge in [0.05, 0.1) is 4.88 Å². The van der Waals surface area contributed by atoms with E-state index in [-0.39, 0.29) is 12.5 Å². The summed E-state index contributed by atoms with van der Waals surface area (Å²) in [5.41, 5.74) is -0.00199. The minimum atomic E-state index is -0.432. The average Bonchev–Trinajstić information content (AvgIpc) is 2.99. The Morgan fingerprint density at radius 2 is 2.26 bits per heavy atom. The summed E-state index contributed by atoms with van der Waals surface area (Å²) in [5, 5.41) is 16.4. The molecular formula is C13H16N2O2S2. The molecular weight excluding hydrogens is 280 g/mol. The molecule has 2 heterocycles. The lowest BCUT2D eigenvalue weighted by molar-refractivity contribution is 0.0895. The molecule has 0 aliphatic carbocycles. The summed E-state index contributed by atoms with van der Waals surface area (Å²) >= 11 is 3.07. The fourth-order valence-electron chi connectivity index (χ4n) is 1.60. The molecule has 0 radical (unpaired) electrons. The Hall–Kier alpha value is -1.24. The SMILES string of the molecule is CC(C)(CCO)NC(=O)c1csc(-c2cccs2)n1. The molecule has 0 aliphatic rings. The zero-order valence-electron chi connectivity index (χ0n) is 10.8. The first-order valence-electron chi connectivity index (χ1n) is 5.94. The Labute approximate surface area is 120 Å². The van der Waals surface area contributed by atoms with Crippen molar-refractivity contribution in [1.82, 2.24) is 10.3 Å². The van der Waals surface area contributed by atoms with Gasteiger partial charge in [0.1, 0.15) is 10.7 Å². The lowest BCUT2D eigenvalue weighted by atomic mass is 10.0. The number of hydrogen-bond donors (Lipinski definition) is 2. The van der Waals surface area contributed by atoms with E-state index in [0.29, 0.717) is 12.1 Å². The number of thiophene rings is 1. The number of amides is 1. The highest BCUT2D eigenvalue weighted by Crippen LogP contribution is 2.27. The fourth-order valence-corrected chi connectivity index (χ4v) is 3.22. The van der Waals surface area contributed by atoms with E-state index in [9.17, 15) is 4.79 Å². The lowest BCUT2D eigenvalue weighted by Crippen LogP contribution is -2.44. The van der Waals surface area contributed by atoms with Crippen molar-refractivity contribution in [2.45, 2.75) is 25.8 Å². The highest BCUT2D eigenvalue weighted by Gasteiger charge is 2.22. The van der Waals surface area contributed by atoms with Gasteiger partial charge in [-0.25, -0.2) is 4.98 Å². The van der Waals surface area contributed by atoms with Crippen molar-refractivity contribution in [3.05, 3.63) is 28.6 Å². The van der Waals surface area contributed by atoms with Crippen LogP contribution in [-0.2, 0) is 0 Å². The molecule has 0 fully saturated rings. The zero-order chi connectivity index (χ0) is 13.9. The summed E-state index contributed by atoms with van der Waals surface area (Å²) in [5.74, 6) is -0.197. The molecule has 0 saturated heterocycles. The van der Waals surface area contributed by atoms with Crippen molar-refractivity contribution in [1.29, 1.82) is 0 Å². The van der Waals surface area contributed by atoms with E-state index in [4.69, 9.17) is 5.11 Å². The van der Waals surface area contributed by atoms with E-state index in [1.165, 1.54) is 11.3 Å². The number of carbonyl (C=O) groups excluding carboxylic acids is 1. The molecule has 6 heteroatoms. The molecule has 2 rings (SSSR count). The number of aliphatic hydroxyl groups excluding tert-OH is 1. The normalized spacial score (nSPS) is 11.5. The number of aliphatic hydroxyl groups is 1. The van der Waals surface area contributed by atoms with Crippen molar-refractivity contribution in [3.8, 4) is 9.88 Å². The van der Waals surface area contributed by atoms with Crippen molar-refractivity contribution >= 4 is 28.6 Å². The van der Waals surface area contributed by atoms with Gasteiger partial charge in [-0.15, -0.1) is 22.7 Å². The molecule has 2 N–H and O–H groups in total. The number of thiazole rings is 1. The molecule has 4 nitrogen and oxygen atoms in total. The summed E-state index contributed by atoms with van der Waals surface area (Å²) < 4.78 is 0. The molecule has 19 heavy (non-hydrogen) atoms. The Bertz CT molecular complexity index is 547. The Morgan fingerprint density at radius 3 is 2.89 bits per heavy atom. The molecule has 102 valence electrons. The fraction of sp³-hybridized carbons (Fsp3) is 0.385. The Balaban J connectivity index is 2.08. The molecule has 2 aromatic rings. The van der Waals surface area contributed by atoms with Crippen LogP contribution in [0, 0.1) is 0 Å². The molecule has 0 saturated carbocycles. The third kappa shape index (κ3) is 3.62. The minimum absolute atomic E-state index is 0.0464. The summed E-state index contributed by atoms with van der Waals surface area (Å²) in [6.45, 7) is 3.81. The van der Waals surface area contributed by atoms with Gasteiger partial charge in [0.25, 0.3) is 5.91 Å². The van der Waals surface area contributed by atoms with Gasteiger partial charge in [0.15, 0.2) is 0 Å². The van der Waals surface area contributed by atoms with Crippen molar-refractivity contribution in [2.24, 2.45) is 0 Å². The highest BCUT2D eigenvalue weighted by molar-refractivity contribution is 7.20. The first-order chi connectivity index (χ1) is 9.02. The molecule has 0 aliphatic heterocycles. The predicted octanol–water partition coefficient (Wildman–Crippen LogP) is 2.76. The molecule has 0 unspecified atom stereocenters. The molecule has 1 amide bonds. The number of nitrogens with zero attached hydrogens (tertiary/aromatic N) is 1. The molecule has 0 spiro atoms. The van der Waals surface area contributed by atoms with Gasteiger partial charge in [-0.2, -0.15) is 0 Å². The van der Waals surface area contributed by atoms with Gasteiger partial charge in [0, 0.05) is 17.5 Å². The van der Waals surface area contributed by atoms with Gasteiger partial charge in [-0.3, -0.25) is 4.79 Å². The van der Waals surface area contributed by atoms with Crippen LogP contribution in [0.4, 0.5) is 0 Å². The molecule has 2 aromatic heterocycles. The van der Waals surface area contributed by atoms with Gasteiger partial charge >= 0.3 is 0 Å². The third-order valence-corrected chi connectivity index (χ3v) is 4.54. The lowest BCUT2D eigenvalue weighted by Gasteiger charge is -2.24. The Kier molecular flexibility index (Phi) is 4.34. The van der Waals surface area contributed by atoms with E-state index >= 15 is 0 Å². The maximum atomic E-state index is 12.1. The second-order valence-electron chi connectivity index (χ2n) is 4.83. The third-order valence-electron chi connectivity index (χ3n) is 2.66. The maximum Gasteiger partial charge on any atom is 0.271 e. The van der Waals surface area contributed by atoms with Crippen molar-refractivity contribution < 1.29 is 9.90 Å². The standard InChI is InChI=1S/C13H16N2O2S2/c1-13(2,5-6-16)15-11(17)9-8-19-12(14-9)10-4-3-7-18-10/h3-4,7-8,16H,5-6H2,1-2H3,(H,15,17). The van der Waals surface area contributed by atoms with Crippen LogP contribution >= 0.6 is 22.7 Å². The van der Waals surface area contributed by atoms with E-state index in [1.807, 2.05) is 31.4 Å². The number of rotatable bonds is 5. The molecule has 0 bridgehead atoms. The quantitative estimate of drug-likeness (QED) is 0.892. The second kappa shape index (κ2) is 5.81. The number of aromatic nitrogens is 1. The van der Waals surface area contributed by atoms with Crippen molar-refractivity contribution in [2.75, 3.05) is 6.61 Å². The largest absolute Gasteiger partial charge is 0.396 e. The predicted molar refractivity (Wildman–Crippen MR) is 78.7 cm³/mol. The van der Waals surface area contributed by atoms with Crippen molar-refractivity contribution in [3.63, 3.8) is 0 Å². The van der Waals surface area contributed by atoms with E-state index < -0.39 is 5.54 Å². The van der Waals surface area contributed by atoms with Gasteiger partial charge in [-0.1, -0.05) is 6.07 Å². The zero-order valence-corrected chi connectivity index (χ0v) is 12.5. The van der Waals surface area contributed by atoms with E-state index in [2.05, 4.69) is 10.3 Å². The highest BCUT2D eigenvalue weighted by atomic mass is 32.1. The summed E-state index contributed by atoms with van der Waals surface area (Å²) in [6, 6.07) is 3.95.